The largest absolute Gasteiger partial charge is 0.355 e. The molecule has 2 rings (SSSR count). The highest BCUT2D eigenvalue weighted by atomic mass is 16.1. The predicted octanol–water partition coefficient (Wildman–Crippen LogP) is 2.68. The van der Waals surface area contributed by atoms with Gasteiger partial charge in [-0.2, -0.15) is 0 Å². The smallest absolute Gasteiger partial charge is 0.221 e. The number of nitrogens with one attached hydrogen (secondary N) is 2. The van der Waals surface area contributed by atoms with Gasteiger partial charge in [-0.15, -0.1) is 0 Å². The maximum absolute atomic E-state index is 12.0. The first-order valence-corrected chi connectivity index (χ1v) is 7.72. The predicted molar refractivity (Wildman–Crippen MR) is 82.7 cm³/mol. The van der Waals surface area contributed by atoms with E-state index in [1.165, 1.54) is 18.4 Å². The van der Waals surface area contributed by atoms with Crippen LogP contribution in [-0.4, -0.2) is 25.0 Å². The Balaban J connectivity index is 1.74. The molecule has 20 heavy (non-hydrogen) atoms. The Labute approximate surface area is 122 Å². The van der Waals surface area contributed by atoms with E-state index in [4.69, 9.17) is 0 Å². The van der Waals surface area contributed by atoms with Crippen molar-refractivity contribution >= 4 is 5.91 Å². The topological polar surface area (TPSA) is 41.1 Å². The summed E-state index contributed by atoms with van der Waals surface area (Å²) in [6.45, 7) is 6.14. The van der Waals surface area contributed by atoms with Crippen molar-refractivity contribution in [2.75, 3.05) is 13.1 Å². The summed E-state index contributed by atoms with van der Waals surface area (Å²) in [5.74, 6) is 1.12. The summed E-state index contributed by atoms with van der Waals surface area (Å²) in [5.41, 5.74) is 1.27. The van der Waals surface area contributed by atoms with Gasteiger partial charge in [0, 0.05) is 19.0 Å². The normalized spacial score (nSPS) is 24.1. The second kappa shape index (κ2) is 7.44. The molecule has 1 aromatic rings. The zero-order valence-electron chi connectivity index (χ0n) is 12.6. The van der Waals surface area contributed by atoms with Gasteiger partial charge in [0.25, 0.3) is 0 Å². The van der Waals surface area contributed by atoms with Gasteiger partial charge in [0.1, 0.15) is 0 Å². The van der Waals surface area contributed by atoms with Crippen LogP contribution in [-0.2, 0) is 4.79 Å². The summed E-state index contributed by atoms with van der Waals surface area (Å²) in [6, 6.07) is 10.7. The number of hydrogen-bond acceptors (Lipinski definition) is 2. The van der Waals surface area contributed by atoms with Gasteiger partial charge in [0.2, 0.25) is 5.91 Å². The van der Waals surface area contributed by atoms with E-state index in [9.17, 15) is 4.79 Å². The van der Waals surface area contributed by atoms with Gasteiger partial charge in [-0.05, 0) is 36.8 Å². The second-order valence-electron chi connectivity index (χ2n) is 6.00. The molecule has 1 fully saturated rings. The van der Waals surface area contributed by atoms with Crippen molar-refractivity contribution < 1.29 is 4.79 Å². The van der Waals surface area contributed by atoms with E-state index in [0.29, 0.717) is 30.8 Å². The zero-order valence-corrected chi connectivity index (χ0v) is 12.6. The number of rotatable bonds is 5. The van der Waals surface area contributed by atoms with E-state index in [1.54, 1.807) is 0 Å². The summed E-state index contributed by atoms with van der Waals surface area (Å²) in [4.78, 5) is 12.0. The van der Waals surface area contributed by atoms with E-state index in [-0.39, 0.29) is 5.91 Å². The first kappa shape index (κ1) is 15.0. The molecule has 0 saturated carbocycles. The number of carbonyl (C=O) groups excluding carboxylic acids is 1. The standard InChI is InChI=1S/C17H26N2O/c1-13-7-6-10-18-16(13)11-17(20)19-12-14(2)15-8-4-3-5-9-15/h3-5,8-9,13-14,16,18H,6-7,10-12H2,1-2H3,(H,19,20). The van der Waals surface area contributed by atoms with Gasteiger partial charge in [0.05, 0.1) is 0 Å². The quantitative estimate of drug-likeness (QED) is 0.867. The fourth-order valence-corrected chi connectivity index (χ4v) is 2.83. The van der Waals surface area contributed by atoms with Crippen molar-refractivity contribution in [3.8, 4) is 0 Å². The molecule has 0 aromatic heterocycles. The highest BCUT2D eigenvalue weighted by Crippen LogP contribution is 2.18. The minimum atomic E-state index is 0.166. The van der Waals surface area contributed by atoms with Crippen LogP contribution in [0.25, 0.3) is 0 Å². The van der Waals surface area contributed by atoms with Crippen LogP contribution in [0, 0.1) is 5.92 Å². The van der Waals surface area contributed by atoms with Crippen molar-refractivity contribution in [3.05, 3.63) is 35.9 Å². The molecule has 110 valence electrons. The van der Waals surface area contributed by atoms with Gasteiger partial charge in [-0.25, -0.2) is 0 Å². The van der Waals surface area contributed by atoms with Crippen LogP contribution < -0.4 is 10.6 Å². The minimum absolute atomic E-state index is 0.166. The third-order valence-electron chi connectivity index (χ3n) is 4.31. The van der Waals surface area contributed by atoms with Crippen LogP contribution in [0.3, 0.4) is 0 Å². The van der Waals surface area contributed by atoms with Crippen LogP contribution in [0.15, 0.2) is 30.3 Å². The molecule has 1 saturated heterocycles. The van der Waals surface area contributed by atoms with Crippen LogP contribution in [0.4, 0.5) is 0 Å². The third kappa shape index (κ3) is 4.34. The van der Waals surface area contributed by atoms with Gasteiger partial charge in [-0.3, -0.25) is 4.79 Å². The van der Waals surface area contributed by atoms with E-state index >= 15 is 0 Å². The molecule has 3 nitrogen and oxygen atoms in total. The Bertz CT molecular complexity index is 418. The van der Waals surface area contributed by atoms with Crippen molar-refractivity contribution in [2.24, 2.45) is 5.92 Å². The number of benzene rings is 1. The summed E-state index contributed by atoms with van der Waals surface area (Å²) in [5, 5.41) is 6.53. The molecule has 2 N–H and O–H groups in total. The van der Waals surface area contributed by atoms with Gasteiger partial charge < -0.3 is 10.6 Å². The lowest BCUT2D eigenvalue weighted by atomic mass is 9.90. The summed E-state index contributed by atoms with van der Waals surface area (Å²) < 4.78 is 0. The molecular weight excluding hydrogens is 248 g/mol. The molecule has 1 aliphatic heterocycles. The number of piperidine rings is 1. The van der Waals surface area contributed by atoms with Crippen LogP contribution >= 0.6 is 0 Å². The molecular formula is C17H26N2O. The summed E-state index contributed by atoms with van der Waals surface area (Å²) >= 11 is 0. The Kier molecular flexibility index (Phi) is 5.60. The summed E-state index contributed by atoms with van der Waals surface area (Å²) in [7, 11) is 0. The molecule has 0 aliphatic carbocycles. The fraction of sp³-hybridized carbons (Fsp3) is 0.588. The molecule has 0 bridgehead atoms. The Hall–Kier alpha value is -1.35. The van der Waals surface area contributed by atoms with Crippen molar-refractivity contribution in [1.82, 2.24) is 10.6 Å². The average molecular weight is 274 g/mol. The van der Waals surface area contributed by atoms with Crippen LogP contribution in [0.1, 0.15) is 44.6 Å². The second-order valence-corrected chi connectivity index (χ2v) is 6.00. The van der Waals surface area contributed by atoms with E-state index in [2.05, 4.69) is 36.6 Å². The maximum atomic E-state index is 12.0. The number of carbonyl (C=O) groups is 1. The lowest BCUT2D eigenvalue weighted by Gasteiger charge is -2.29. The molecule has 1 heterocycles. The molecule has 0 spiro atoms. The number of hydrogen-bond donors (Lipinski definition) is 2. The Morgan fingerprint density at radius 2 is 2.15 bits per heavy atom. The zero-order chi connectivity index (χ0) is 14.4. The SMILES string of the molecule is CC(CNC(=O)CC1NCCCC1C)c1ccccc1. The van der Waals surface area contributed by atoms with Crippen molar-refractivity contribution in [2.45, 2.75) is 45.1 Å². The van der Waals surface area contributed by atoms with Crippen LogP contribution in [0.5, 0.6) is 0 Å². The van der Waals surface area contributed by atoms with Gasteiger partial charge >= 0.3 is 0 Å². The first-order chi connectivity index (χ1) is 9.66. The van der Waals surface area contributed by atoms with Gasteiger partial charge in [0.15, 0.2) is 0 Å². The average Bonchev–Trinajstić information content (AvgIpc) is 2.48. The molecule has 1 aromatic carbocycles. The lowest BCUT2D eigenvalue weighted by molar-refractivity contribution is -0.122. The fourth-order valence-electron chi connectivity index (χ4n) is 2.83. The monoisotopic (exact) mass is 274 g/mol. The maximum Gasteiger partial charge on any atom is 0.221 e. The molecule has 3 atom stereocenters. The van der Waals surface area contributed by atoms with Crippen molar-refractivity contribution in [3.63, 3.8) is 0 Å². The van der Waals surface area contributed by atoms with Crippen molar-refractivity contribution in [1.29, 1.82) is 0 Å². The molecule has 0 radical (unpaired) electrons. The summed E-state index contributed by atoms with van der Waals surface area (Å²) in [6.07, 6.45) is 3.05. The van der Waals surface area contributed by atoms with Gasteiger partial charge in [-0.1, -0.05) is 44.2 Å². The molecule has 1 amide bonds. The number of amides is 1. The minimum Gasteiger partial charge on any atom is -0.355 e. The highest BCUT2D eigenvalue weighted by molar-refractivity contribution is 5.76. The highest BCUT2D eigenvalue weighted by Gasteiger charge is 2.23. The molecule has 3 unspecified atom stereocenters. The Morgan fingerprint density at radius 3 is 2.85 bits per heavy atom. The van der Waals surface area contributed by atoms with Crippen LogP contribution in [0.2, 0.25) is 0 Å². The van der Waals surface area contributed by atoms with E-state index < -0.39 is 0 Å². The molecule has 1 aliphatic rings. The molecule has 3 heteroatoms. The first-order valence-electron chi connectivity index (χ1n) is 7.72. The lowest BCUT2D eigenvalue weighted by Crippen LogP contribution is -2.43. The van der Waals surface area contributed by atoms with E-state index in [0.717, 1.165) is 6.54 Å². The van der Waals surface area contributed by atoms with E-state index in [1.807, 2.05) is 18.2 Å². The third-order valence-corrected chi connectivity index (χ3v) is 4.31. The Morgan fingerprint density at radius 1 is 1.40 bits per heavy atom.